The molecule has 0 saturated heterocycles. The number of anilines is 1. The summed E-state index contributed by atoms with van der Waals surface area (Å²) in [5, 5.41) is 3.69. The van der Waals surface area contributed by atoms with Crippen molar-refractivity contribution in [1.82, 2.24) is 4.57 Å². The van der Waals surface area contributed by atoms with Crippen LogP contribution < -0.4 is 4.90 Å². The molecule has 0 radical (unpaired) electrons. The first-order valence-corrected chi connectivity index (χ1v) is 15.3. The van der Waals surface area contributed by atoms with Gasteiger partial charge in [-0.05, 0) is 78.5 Å². The van der Waals surface area contributed by atoms with Crippen molar-refractivity contribution in [3.8, 4) is 20.2 Å². The number of nitrogens with zero attached hydrogens (tertiary/aromatic N) is 2. The molecule has 202 valence electrons. The van der Waals surface area contributed by atoms with Gasteiger partial charge in [0, 0.05) is 59.5 Å². The number of hydrogen-bond acceptors (Lipinski definition) is 5. The molecule has 0 bridgehead atoms. The molecule has 5 nitrogen and oxygen atoms in total. The predicted molar refractivity (Wildman–Crippen MR) is 172 cm³/mol. The fourth-order valence-electron chi connectivity index (χ4n) is 6.23. The lowest BCUT2D eigenvalue weighted by Crippen LogP contribution is -2.40. The Labute approximate surface area is 248 Å². The van der Waals surface area contributed by atoms with Crippen LogP contribution in [-0.4, -0.2) is 22.7 Å². The number of hydrogen-bond donors (Lipinski definition) is 0. The van der Waals surface area contributed by atoms with Crippen molar-refractivity contribution in [3.63, 3.8) is 0 Å². The molecule has 42 heavy (non-hydrogen) atoms. The molecule has 7 heteroatoms. The standard InChI is InChI=1S/C35H22N2O3S2/c1-2-36-28-9-4-3-6-22(28)27-18-20(10-14-29(27)36)37-34(39)25-8-5-7-24-23(12-13-26(33(24)25)35(37)40)30-16-17-32(42-30)31-15-11-21(19-38)41-31/h3-19H,2H2,1H3. The number of carbonyl (C=O) groups is 3. The predicted octanol–water partition coefficient (Wildman–Crippen LogP) is 9.04. The second-order valence-electron chi connectivity index (χ2n) is 10.3. The first-order valence-electron chi connectivity index (χ1n) is 13.7. The number of amides is 2. The summed E-state index contributed by atoms with van der Waals surface area (Å²) in [6, 6.07) is 31.5. The maximum absolute atomic E-state index is 14.0. The van der Waals surface area contributed by atoms with Crippen LogP contribution in [0.4, 0.5) is 5.69 Å². The SMILES string of the molecule is CCn1c2ccccc2c2cc(N3C(=O)c4cccc5c(-c6ccc(-c7ccc(C=O)s7)s6)ccc(c45)C3=O)ccc21. The number of carbonyl (C=O) groups excluding carboxylic acids is 3. The van der Waals surface area contributed by atoms with Gasteiger partial charge in [0.2, 0.25) is 0 Å². The molecule has 0 atom stereocenters. The van der Waals surface area contributed by atoms with Gasteiger partial charge in [-0.2, -0.15) is 0 Å². The fourth-order valence-corrected chi connectivity index (χ4v) is 8.19. The summed E-state index contributed by atoms with van der Waals surface area (Å²) in [6.07, 6.45) is 0.869. The lowest BCUT2D eigenvalue weighted by molar-refractivity contribution is 0.0893. The topological polar surface area (TPSA) is 59.4 Å². The number of para-hydroxylation sites is 1. The molecule has 0 saturated carbocycles. The molecule has 2 amide bonds. The van der Waals surface area contributed by atoms with Crippen molar-refractivity contribution < 1.29 is 14.4 Å². The van der Waals surface area contributed by atoms with E-state index in [1.165, 1.54) is 16.2 Å². The van der Waals surface area contributed by atoms with Crippen LogP contribution in [0, 0.1) is 0 Å². The van der Waals surface area contributed by atoms with Crippen LogP contribution in [0.2, 0.25) is 0 Å². The van der Waals surface area contributed by atoms with E-state index in [9.17, 15) is 14.4 Å². The van der Waals surface area contributed by atoms with E-state index in [1.54, 1.807) is 11.3 Å². The number of thiophene rings is 2. The highest BCUT2D eigenvalue weighted by molar-refractivity contribution is 7.24. The zero-order valence-corrected chi connectivity index (χ0v) is 24.1. The van der Waals surface area contributed by atoms with Gasteiger partial charge in [0.05, 0.1) is 10.6 Å². The van der Waals surface area contributed by atoms with Crippen molar-refractivity contribution in [3.05, 3.63) is 113 Å². The number of imide groups is 1. The van der Waals surface area contributed by atoms with Crippen molar-refractivity contribution in [2.45, 2.75) is 13.5 Å². The number of rotatable bonds is 5. The average molecular weight is 583 g/mol. The molecule has 8 rings (SSSR count). The first-order chi connectivity index (χ1) is 20.6. The Hall–Kier alpha value is -4.85. The zero-order valence-electron chi connectivity index (χ0n) is 22.5. The Morgan fingerprint density at radius 2 is 1.33 bits per heavy atom. The average Bonchev–Trinajstić information content (AvgIpc) is 3.77. The quantitative estimate of drug-likeness (QED) is 0.150. The maximum atomic E-state index is 14.0. The summed E-state index contributed by atoms with van der Waals surface area (Å²) < 4.78 is 2.25. The summed E-state index contributed by atoms with van der Waals surface area (Å²) in [7, 11) is 0. The molecular weight excluding hydrogens is 561 g/mol. The zero-order chi connectivity index (χ0) is 28.5. The van der Waals surface area contributed by atoms with Gasteiger partial charge in [0.15, 0.2) is 6.29 Å². The van der Waals surface area contributed by atoms with E-state index in [1.807, 2.05) is 72.8 Å². The molecule has 4 heterocycles. The van der Waals surface area contributed by atoms with Crippen molar-refractivity contribution >= 4 is 79.0 Å². The number of benzene rings is 4. The van der Waals surface area contributed by atoms with Crippen molar-refractivity contribution in [2.24, 2.45) is 0 Å². The molecule has 3 aromatic heterocycles. The first kappa shape index (κ1) is 24.9. The molecule has 1 aliphatic heterocycles. The Balaban J connectivity index is 1.24. The minimum Gasteiger partial charge on any atom is -0.341 e. The molecule has 0 N–H and O–H groups in total. The summed E-state index contributed by atoms with van der Waals surface area (Å²) >= 11 is 3.10. The van der Waals surface area contributed by atoms with Gasteiger partial charge in [0.1, 0.15) is 0 Å². The van der Waals surface area contributed by atoms with E-state index in [-0.39, 0.29) is 11.8 Å². The van der Waals surface area contributed by atoms with Crippen LogP contribution in [0.15, 0.2) is 97.1 Å². The van der Waals surface area contributed by atoms with Gasteiger partial charge in [-0.1, -0.05) is 36.4 Å². The fraction of sp³-hybridized carbons (Fsp3) is 0.0571. The van der Waals surface area contributed by atoms with Crippen molar-refractivity contribution in [2.75, 3.05) is 4.90 Å². The highest BCUT2D eigenvalue weighted by atomic mass is 32.1. The number of aldehydes is 1. The van der Waals surface area contributed by atoms with Crippen LogP contribution in [0.25, 0.3) is 52.8 Å². The molecule has 0 aliphatic carbocycles. The van der Waals surface area contributed by atoms with Crippen LogP contribution in [0.1, 0.15) is 37.3 Å². The van der Waals surface area contributed by atoms with E-state index in [0.717, 1.165) is 60.2 Å². The van der Waals surface area contributed by atoms with Gasteiger partial charge in [-0.15, -0.1) is 22.7 Å². The van der Waals surface area contributed by atoms with E-state index in [2.05, 4.69) is 35.8 Å². The number of aryl methyl sites for hydroxylation is 1. The Morgan fingerprint density at radius 3 is 2.14 bits per heavy atom. The molecule has 1 aliphatic rings. The number of aromatic nitrogens is 1. The summed E-state index contributed by atoms with van der Waals surface area (Å²) in [5.41, 5.74) is 4.79. The van der Waals surface area contributed by atoms with Crippen LogP contribution in [0.5, 0.6) is 0 Å². The summed E-state index contributed by atoms with van der Waals surface area (Å²) in [4.78, 5) is 44.4. The molecule has 0 unspecified atom stereocenters. The molecule has 4 aromatic carbocycles. The Morgan fingerprint density at radius 1 is 0.643 bits per heavy atom. The Kier molecular flexibility index (Phi) is 5.54. The van der Waals surface area contributed by atoms with Crippen LogP contribution >= 0.6 is 22.7 Å². The van der Waals surface area contributed by atoms with Crippen LogP contribution in [0.3, 0.4) is 0 Å². The summed E-state index contributed by atoms with van der Waals surface area (Å²) in [5.74, 6) is -0.638. The normalized spacial score (nSPS) is 13.1. The number of fused-ring (bicyclic) bond motifs is 3. The van der Waals surface area contributed by atoms with E-state index < -0.39 is 0 Å². The van der Waals surface area contributed by atoms with Gasteiger partial charge < -0.3 is 4.57 Å². The van der Waals surface area contributed by atoms with Crippen molar-refractivity contribution in [1.29, 1.82) is 0 Å². The van der Waals surface area contributed by atoms with E-state index in [0.29, 0.717) is 27.1 Å². The molecular formula is C35H22N2O3S2. The minimum absolute atomic E-state index is 0.319. The van der Waals surface area contributed by atoms with Gasteiger partial charge >= 0.3 is 0 Å². The second kappa shape index (κ2) is 9.34. The second-order valence-corrected chi connectivity index (χ2v) is 12.5. The smallest absolute Gasteiger partial charge is 0.265 e. The molecule has 0 fully saturated rings. The molecule has 0 spiro atoms. The third-order valence-electron chi connectivity index (χ3n) is 8.10. The monoisotopic (exact) mass is 582 g/mol. The minimum atomic E-state index is -0.319. The lowest BCUT2D eigenvalue weighted by atomic mass is 9.90. The summed E-state index contributed by atoms with van der Waals surface area (Å²) in [6.45, 7) is 2.94. The largest absolute Gasteiger partial charge is 0.341 e. The van der Waals surface area contributed by atoms with Crippen LogP contribution in [-0.2, 0) is 6.54 Å². The third-order valence-corrected chi connectivity index (χ3v) is 10.4. The Bertz CT molecular complexity index is 2250. The lowest BCUT2D eigenvalue weighted by Gasteiger charge is -2.28. The van der Waals surface area contributed by atoms with E-state index in [4.69, 9.17) is 0 Å². The van der Waals surface area contributed by atoms with E-state index >= 15 is 0 Å². The highest BCUT2D eigenvalue weighted by Crippen LogP contribution is 2.43. The maximum Gasteiger partial charge on any atom is 0.265 e. The third kappa shape index (κ3) is 3.50. The molecule has 7 aromatic rings. The van der Waals surface area contributed by atoms with Gasteiger partial charge in [-0.25, -0.2) is 4.90 Å². The highest BCUT2D eigenvalue weighted by Gasteiger charge is 2.35. The van der Waals surface area contributed by atoms with Gasteiger partial charge in [0.25, 0.3) is 11.8 Å². The van der Waals surface area contributed by atoms with Gasteiger partial charge in [-0.3, -0.25) is 14.4 Å².